The summed E-state index contributed by atoms with van der Waals surface area (Å²) in [5, 5.41) is 7.91. The predicted octanol–water partition coefficient (Wildman–Crippen LogP) is 4.01. The number of carbonyl (C=O) groups is 2. The number of nitrogens with zero attached hydrogens (tertiary/aromatic N) is 2. The standard InChI is InChI=1S/C18H16FN5O2S2/c1-8-4-11(19)10(5-12(8)22-16(26)14-6-21-17(20)28-14)15(25)24-18-23-13(7-27-18)9-2-3-9/h4-7,9H,2-3H2,1H3,(H2,20,21)(H,22,26)(H,23,24,25). The van der Waals surface area contributed by atoms with Crippen LogP contribution in [0, 0.1) is 12.7 Å². The second-order valence-electron chi connectivity index (χ2n) is 6.47. The van der Waals surface area contributed by atoms with Gasteiger partial charge in [-0.1, -0.05) is 11.3 Å². The normalized spacial score (nSPS) is 13.4. The molecule has 0 bridgehead atoms. The Morgan fingerprint density at radius 3 is 2.71 bits per heavy atom. The number of nitrogens with one attached hydrogen (secondary N) is 2. The number of carbonyl (C=O) groups excluding carboxylic acids is 2. The molecule has 1 fully saturated rings. The molecule has 0 unspecified atom stereocenters. The molecule has 1 aliphatic rings. The van der Waals surface area contributed by atoms with Gasteiger partial charge in [-0.05, 0) is 37.5 Å². The van der Waals surface area contributed by atoms with Crippen LogP contribution in [0.2, 0.25) is 0 Å². The zero-order chi connectivity index (χ0) is 19.8. The molecule has 2 amide bonds. The molecular formula is C18H16FN5O2S2. The van der Waals surface area contributed by atoms with Gasteiger partial charge in [0.15, 0.2) is 10.3 Å². The molecule has 4 N–H and O–H groups in total. The van der Waals surface area contributed by atoms with Gasteiger partial charge >= 0.3 is 0 Å². The van der Waals surface area contributed by atoms with E-state index in [1.807, 2.05) is 5.38 Å². The molecular weight excluding hydrogens is 401 g/mol. The van der Waals surface area contributed by atoms with Crippen LogP contribution in [0.1, 0.15) is 50.0 Å². The SMILES string of the molecule is Cc1cc(F)c(C(=O)Nc2nc(C3CC3)cs2)cc1NC(=O)c1cnc(N)s1. The molecule has 28 heavy (non-hydrogen) atoms. The van der Waals surface area contributed by atoms with Gasteiger partial charge in [0.2, 0.25) is 0 Å². The summed E-state index contributed by atoms with van der Waals surface area (Å²) in [5.41, 5.74) is 7.15. The average Bonchev–Trinajstić information content (AvgIpc) is 3.24. The van der Waals surface area contributed by atoms with E-state index in [1.165, 1.54) is 29.7 Å². The fraction of sp³-hybridized carbons (Fsp3) is 0.222. The van der Waals surface area contributed by atoms with E-state index in [4.69, 9.17) is 5.73 Å². The molecule has 2 aromatic heterocycles. The number of halogens is 1. The minimum atomic E-state index is -0.672. The number of nitrogen functional groups attached to an aromatic ring is 1. The second-order valence-corrected chi connectivity index (χ2v) is 8.39. The second kappa shape index (κ2) is 7.28. The first-order chi connectivity index (χ1) is 13.4. The quantitative estimate of drug-likeness (QED) is 0.581. The Bertz CT molecular complexity index is 1070. The molecule has 0 aliphatic heterocycles. The summed E-state index contributed by atoms with van der Waals surface area (Å²) in [6.45, 7) is 1.64. The fourth-order valence-corrected chi connectivity index (χ4v) is 4.00. The highest BCUT2D eigenvalue weighted by Crippen LogP contribution is 2.41. The van der Waals surface area contributed by atoms with E-state index >= 15 is 0 Å². The highest BCUT2D eigenvalue weighted by molar-refractivity contribution is 7.17. The Hall–Kier alpha value is -2.85. The third-order valence-electron chi connectivity index (χ3n) is 4.29. The van der Waals surface area contributed by atoms with Crippen molar-refractivity contribution in [1.29, 1.82) is 0 Å². The van der Waals surface area contributed by atoms with E-state index in [0.29, 0.717) is 27.2 Å². The van der Waals surface area contributed by atoms with Gasteiger partial charge in [-0.25, -0.2) is 14.4 Å². The van der Waals surface area contributed by atoms with Gasteiger partial charge in [-0.2, -0.15) is 0 Å². The van der Waals surface area contributed by atoms with Crippen LogP contribution in [-0.2, 0) is 0 Å². The van der Waals surface area contributed by atoms with Crippen molar-refractivity contribution in [2.45, 2.75) is 25.7 Å². The summed E-state index contributed by atoms with van der Waals surface area (Å²) in [6.07, 6.45) is 3.58. The Morgan fingerprint density at radius 2 is 2.04 bits per heavy atom. The lowest BCUT2D eigenvalue weighted by molar-refractivity contribution is 0.101. The molecule has 1 saturated carbocycles. The van der Waals surface area contributed by atoms with E-state index < -0.39 is 17.6 Å². The van der Waals surface area contributed by atoms with Crippen molar-refractivity contribution < 1.29 is 14.0 Å². The largest absolute Gasteiger partial charge is 0.375 e. The number of nitrogens with two attached hydrogens (primary N) is 1. The number of hydrogen-bond donors (Lipinski definition) is 3. The molecule has 0 saturated heterocycles. The van der Waals surface area contributed by atoms with Gasteiger partial charge < -0.3 is 11.1 Å². The van der Waals surface area contributed by atoms with Crippen LogP contribution >= 0.6 is 22.7 Å². The van der Waals surface area contributed by atoms with Gasteiger partial charge in [0.05, 0.1) is 17.5 Å². The topological polar surface area (TPSA) is 110 Å². The minimum absolute atomic E-state index is 0.173. The van der Waals surface area contributed by atoms with Gasteiger partial charge in [0.25, 0.3) is 11.8 Å². The number of thiazole rings is 2. The van der Waals surface area contributed by atoms with Crippen LogP contribution in [0.3, 0.4) is 0 Å². The van der Waals surface area contributed by atoms with Crippen molar-refractivity contribution in [2.75, 3.05) is 16.4 Å². The molecule has 0 atom stereocenters. The van der Waals surface area contributed by atoms with Gasteiger partial charge in [-0.3, -0.25) is 14.9 Å². The smallest absolute Gasteiger partial charge is 0.267 e. The van der Waals surface area contributed by atoms with E-state index in [9.17, 15) is 14.0 Å². The molecule has 1 aromatic carbocycles. The fourth-order valence-electron chi connectivity index (χ4n) is 2.63. The number of aromatic nitrogens is 2. The van der Waals surface area contributed by atoms with Crippen LogP contribution < -0.4 is 16.4 Å². The van der Waals surface area contributed by atoms with Crippen molar-refractivity contribution >= 4 is 50.4 Å². The zero-order valence-electron chi connectivity index (χ0n) is 14.8. The summed E-state index contributed by atoms with van der Waals surface area (Å²) in [5.74, 6) is -1.24. The molecule has 0 spiro atoms. The Balaban J connectivity index is 1.53. The Morgan fingerprint density at radius 1 is 1.25 bits per heavy atom. The van der Waals surface area contributed by atoms with E-state index in [2.05, 4.69) is 20.6 Å². The van der Waals surface area contributed by atoms with E-state index in [-0.39, 0.29) is 10.7 Å². The Labute approximate surface area is 167 Å². The third kappa shape index (κ3) is 3.87. The maximum atomic E-state index is 14.4. The number of hydrogen-bond acceptors (Lipinski definition) is 7. The van der Waals surface area contributed by atoms with Crippen molar-refractivity contribution in [3.8, 4) is 0 Å². The molecule has 0 radical (unpaired) electrons. The summed E-state index contributed by atoms with van der Waals surface area (Å²) in [6, 6.07) is 2.53. The van der Waals surface area contributed by atoms with Crippen LogP contribution in [0.25, 0.3) is 0 Å². The molecule has 10 heteroatoms. The van der Waals surface area contributed by atoms with E-state index in [0.717, 1.165) is 29.9 Å². The monoisotopic (exact) mass is 417 g/mol. The number of rotatable bonds is 5. The molecule has 4 rings (SSSR count). The van der Waals surface area contributed by atoms with Crippen molar-refractivity contribution in [1.82, 2.24) is 9.97 Å². The van der Waals surface area contributed by atoms with Crippen molar-refractivity contribution in [3.05, 3.63) is 51.2 Å². The number of anilines is 3. The van der Waals surface area contributed by atoms with Gasteiger partial charge in [-0.15, -0.1) is 11.3 Å². The number of amides is 2. The lowest BCUT2D eigenvalue weighted by Crippen LogP contribution is -2.16. The van der Waals surface area contributed by atoms with Gasteiger partial charge in [0.1, 0.15) is 10.7 Å². The highest BCUT2D eigenvalue weighted by Gasteiger charge is 2.26. The van der Waals surface area contributed by atoms with Crippen molar-refractivity contribution in [3.63, 3.8) is 0 Å². The third-order valence-corrected chi connectivity index (χ3v) is 5.89. The Kier molecular flexibility index (Phi) is 4.82. The van der Waals surface area contributed by atoms with Crippen LogP contribution in [0.4, 0.5) is 20.3 Å². The lowest BCUT2D eigenvalue weighted by Gasteiger charge is -2.11. The first kappa shape index (κ1) is 18.5. The predicted molar refractivity (Wildman–Crippen MR) is 108 cm³/mol. The molecule has 7 nitrogen and oxygen atoms in total. The number of benzene rings is 1. The summed E-state index contributed by atoms with van der Waals surface area (Å²) in [4.78, 5) is 33.4. The average molecular weight is 417 g/mol. The molecule has 144 valence electrons. The van der Waals surface area contributed by atoms with Crippen molar-refractivity contribution in [2.24, 2.45) is 0 Å². The summed E-state index contributed by atoms with van der Waals surface area (Å²) < 4.78 is 14.4. The molecule has 2 heterocycles. The summed E-state index contributed by atoms with van der Waals surface area (Å²) >= 11 is 2.35. The van der Waals surface area contributed by atoms with Crippen LogP contribution in [0.15, 0.2) is 23.7 Å². The maximum absolute atomic E-state index is 14.4. The summed E-state index contributed by atoms with van der Waals surface area (Å²) in [7, 11) is 0. The van der Waals surface area contributed by atoms with Gasteiger partial charge in [0, 0.05) is 17.0 Å². The van der Waals surface area contributed by atoms with E-state index in [1.54, 1.807) is 6.92 Å². The molecule has 1 aliphatic carbocycles. The lowest BCUT2D eigenvalue weighted by atomic mass is 10.1. The molecule has 3 aromatic rings. The maximum Gasteiger partial charge on any atom is 0.267 e. The highest BCUT2D eigenvalue weighted by atomic mass is 32.1. The zero-order valence-corrected chi connectivity index (χ0v) is 16.4. The first-order valence-electron chi connectivity index (χ1n) is 8.50. The minimum Gasteiger partial charge on any atom is -0.375 e. The number of aryl methyl sites for hydroxylation is 1. The van der Waals surface area contributed by atoms with Crippen LogP contribution in [-0.4, -0.2) is 21.8 Å². The first-order valence-corrected chi connectivity index (χ1v) is 10.2. The van der Waals surface area contributed by atoms with Crippen LogP contribution in [0.5, 0.6) is 0 Å².